The Morgan fingerprint density at radius 1 is 1.69 bits per heavy atom. The quantitative estimate of drug-likeness (QED) is 0.745. The molecule has 0 unspecified atom stereocenters. The van der Waals surface area contributed by atoms with Crippen molar-refractivity contribution < 1.29 is 9.53 Å². The van der Waals surface area contributed by atoms with E-state index in [0.29, 0.717) is 6.54 Å². The van der Waals surface area contributed by atoms with E-state index in [-0.39, 0.29) is 0 Å². The molecule has 1 aromatic heterocycles. The standard InChI is InChI=1S/C9H12N2O2/c1-7-4-3-5-10-8(7)6-11-9(12)13-2/h3-5H,6H2,1-2H3,(H,11,12). The van der Waals surface area contributed by atoms with E-state index in [1.807, 2.05) is 19.1 Å². The summed E-state index contributed by atoms with van der Waals surface area (Å²) in [5, 5.41) is 2.57. The number of carbonyl (C=O) groups excluding carboxylic acids is 1. The van der Waals surface area contributed by atoms with Gasteiger partial charge in [0.15, 0.2) is 0 Å². The number of hydrogen-bond acceptors (Lipinski definition) is 3. The summed E-state index contributed by atoms with van der Waals surface area (Å²) in [4.78, 5) is 14.8. The average molecular weight is 180 g/mol. The minimum atomic E-state index is -0.440. The van der Waals surface area contributed by atoms with Gasteiger partial charge in [0.25, 0.3) is 0 Å². The van der Waals surface area contributed by atoms with E-state index >= 15 is 0 Å². The highest BCUT2D eigenvalue weighted by Gasteiger charge is 2.01. The molecule has 0 aromatic carbocycles. The number of amides is 1. The van der Waals surface area contributed by atoms with Crippen LogP contribution in [0.2, 0.25) is 0 Å². The normalized spacial score (nSPS) is 9.38. The third kappa shape index (κ3) is 2.74. The van der Waals surface area contributed by atoms with Gasteiger partial charge in [-0.25, -0.2) is 4.79 Å². The zero-order chi connectivity index (χ0) is 9.68. The Bertz CT molecular complexity index is 299. The summed E-state index contributed by atoms with van der Waals surface area (Å²) in [6, 6.07) is 3.80. The van der Waals surface area contributed by atoms with Crippen LogP contribution in [0.1, 0.15) is 11.3 Å². The van der Waals surface area contributed by atoms with Crippen LogP contribution in [-0.4, -0.2) is 18.2 Å². The highest BCUT2D eigenvalue weighted by atomic mass is 16.5. The van der Waals surface area contributed by atoms with E-state index in [0.717, 1.165) is 11.3 Å². The van der Waals surface area contributed by atoms with Gasteiger partial charge in [0.1, 0.15) is 0 Å². The second kappa shape index (κ2) is 4.45. The number of pyridine rings is 1. The average Bonchev–Trinajstić information content (AvgIpc) is 2.16. The maximum absolute atomic E-state index is 10.7. The van der Waals surface area contributed by atoms with Gasteiger partial charge in [-0.1, -0.05) is 6.07 Å². The van der Waals surface area contributed by atoms with Gasteiger partial charge in [-0.3, -0.25) is 4.98 Å². The molecule has 0 aliphatic carbocycles. The lowest BCUT2D eigenvalue weighted by Crippen LogP contribution is -2.23. The number of aromatic nitrogens is 1. The molecule has 0 radical (unpaired) electrons. The first kappa shape index (κ1) is 9.51. The maximum Gasteiger partial charge on any atom is 0.407 e. The summed E-state index contributed by atoms with van der Waals surface area (Å²) in [5.41, 5.74) is 1.91. The highest BCUT2D eigenvalue weighted by Crippen LogP contribution is 2.01. The lowest BCUT2D eigenvalue weighted by molar-refractivity contribution is 0.170. The van der Waals surface area contributed by atoms with Crippen molar-refractivity contribution in [3.63, 3.8) is 0 Å². The van der Waals surface area contributed by atoms with Gasteiger partial charge in [0.2, 0.25) is 0 Å². The van der Waals surface area contributed by atoms with Gasteiger partial charge in [-0.15, -0.1) is 0 Å². The molecule has 0 fully saturated rings. The van der Waals surface area contributed by atoms with Crippen LogP contribution in [0.25, 0.3) is 0 Å². The van der Waals surface area contributed by atoms with Crippen molar-refractivity contribution in [2.24, 2.45) is 0 Å². The van der Waals surface area contributed by atoms with Gasteiger partial charge < -0.3 is 10.1 Å². The molecule has 0 spiro atoms. The first-order chi connectivity index (χ1) is 6.24. The Balaban J connectivity index is 2.54. The molecule has 0 bridgehead atoms. The van der Waals surface area contributed by atoms with Gasteiger partial charge in [0, 0.05) is 6.20 Å². The number of aryl methyl sites for hydroxylation is 1. The zero-order valence-corrected chi connectivity index (χ0v) is 7.70. The molecule has 0 aliphatic rings. The molecule has 0 aliphatic heterocycles. The number of hydrogen-bond donors (Lipinski definition) is 1. The molecular formula is C9H12N2O2. The minimum absolute atomic E-state index is 0.402. The van der Waals surface area contributed by atoms with E-state index < -0.39 is 6.09 Å². The molecule has 0 saturated heterocycles. The molecule has 1 heterocycles. The van der Waals surface area contributed by atoms with Crippen LogP contribution in [0.4, 0.5) is 4.79 Å². The summed E-state index contributed by atoms with van der Waals surface area (Å²) in [7, 11) is 1.33. The fourth-order valence-corrected chi connectivity index (χ4v) is 0.932. The van der Waals surface area contributed by atoms with Crippen LogP contribution in [0.3, 0.4) is 0 Å². The minimum Gasteiger partial charge on any atom is -0.453 e. The fourth-order valence-electron chi connectivity index (χ4n) is 0.932. The maximum atomic E-state index is 10.7. The molecular weight excluding hydrogens is 168 g/mol. The van der Waals surface area contributed by atoms with Crippen LogP contribution in [-0.2, 0) is 11.3 Å². The van der Waals surface area contributed by atoms with E-state index in [9.17, 15) is 4.79 Å². The van der Waals surface area contributed by atoms with Crippen molar-refractivity contribution in [2.75, 3.05) is 7.11 Å². The Morgan fingerprint density at radius 3 is 3.08 bits per heavy atom. The van der Waals surface area contributed by atoms with E-state index in [2.05, 4.69) is 15.0 Å². The second-order valence-corrected chi connectivity index (χ2v) is 2.61. The summed E-state index contributed by atoms with van der Waals surface area (Å²) in [5.74, 6) is 0. The van der Waals surface area contributed by atoms with Crippen molar-refractivity contribution >= 4 is 6.09 Å². The number of nitrogens with zero attached hydrogens (tertiary/aromatic N) is 1. The zero-order valence-electron chi connectivity index (χ0n) is 7.70. The molecule has 0 atom stereocenters. The van der Waals surface area contributed by atoms with Crippen molar-refractivity contribution in [3.05, 3.63) is 29.6 Å². The van der Waals surface area contributed by atoms with Crippen molar-refractivity contribution in [2.45, 2.75) is 13.5 Å². The summed E-state index contributed by atoms with van der Waals surface area (Å²) in [6.07, 6.45) is 1.26. The number of rotatable bonds is 2. The third-order valence-electron chi connectivity index (χ3n) is 1.70. The molecule has 70 valence electrons. The van der Waals surface area contributed by atoms with Gasteiger partial charge >= 0.3 is 6.09 Å². The third-order valence-corrected chi connectivity index (χ3v) is 1.70. The lowest BCUT2D eigenvalue weighted by atomic mass is 10.2. The number of alkyl carbamates (subject to hydrolysis) is 1. The van der Waals surface area contributed by atoms with Crippen LogP contribution in [0.5, 0.6) is 0 Å². The van der Waals surface area contributed by atoms with E-state index in [1.54, 1.807) is 6.20 Å². The Hall–Kier alpha value is -1.58. The predicted molar refractivity (Wildman–Crippen MR) is 48.2 cm³/mol. The Labute approximate surface area is 76.9 Å². The fraction of sp³-hybridized carbons (Fsp3) is 0.333. The van der Waals surface area contributed by atoms with Crippen LogP contribution >= 0.6 is 0 Å². The molecule has 0 saturated carbocycles. The van der Waals surface area contributed by atoms with Crippen molar-refractivity contribution in [1.82, 2.24) is 10.3 Å². The number of ether oxygens (including phenoxy) is 1. The van der Waals surface area contributed by atoms with Crippen LogP contribution < -0.4 is 5.32 Å². The molecule has 1 N–H and O–H groups in total. The monoisotopic (exact) mass is 180 g/mol. The largest absolute Gasteiger partial charge is 0.453 e. The van der Waals surface area contributed by atoms with Gasteiger partial charge in [-0.2, -0.15) is 0 Å². The number of methoxy groups -OCH3 is 1. The summed E-state index contributed by atoms with van der Waals surface area (Å²) in [6.45, 7) is 2.35. The summed E-state index contributed by atoms with van der Waals surface area (Å²) >= 11 is 0. The van der Waals surface area contributed by atoms with Crippen LogP contribution in [0.15, 0.2) is 18.3 Å². The Kier molecular flexibility index (Phi) is 3.25. The van der Waals surface area contributed by atoms with Gasteiger partial charge in [0.05, 0.1) is 19.3 Å². The Morgan fingerprint density at radius 2 is 2.46 bits per heavy atom. The summed E-state index contributed by atoms with van der Waals surface area (Å²) < 4.78 is 4.43. The first-order valence-corrected chi connectivity index (χ1v) is 3.96. The molecule has 4 heteroatoms. The smallest absolute Gasteiger partial charge is 0.407 e. The number of carbonyl (C=O) groups is 1. The molecule has 1 amide bonds. The molecule has 13 heavy (non-hydrogen) atoms. The highest BCUT2D eigenvalue weighted by molar-refractivity contribution is 5.66. The molecule has 4 nitrogen and oxygen atoms in total. The van der Waals surface area contributed by atoms with Crippen LogP contribution in [0, 0.1) is 6.92 Å². The van der Waals surface area contributed by atoms with Gasteiger partial charge in [-0.05, 0) is 18.6 Å². The lowest BCUT2D eigenvalue weighted by Gasteiger charge is -2.04. The number of nitrogens with one attached hydrogen (secondary N) is 1. The second-order valence-electron chi connectivity index (χ2n) is 2.61. The topological polar surface area (TPSA) is 51.2 Å². The van der Waals surface area contributed by atoms with Crippen molar-refractivity contribution in [3.8, 4) is 0 Å². The SMILES string of the molecule is COC(=O)NCc1ncccc1C. The molecule has 1 rings (SSSR count). The first-order valence-electron chi connectivity index (χ1n) is 3.96. The van der Waals surface area contributed by atoms with E-state index in [1.165, 1.54) is 7.11 Å². The molecule has 1 aromatic rings. The predicted octanol–water partition coefficient (Wildman–Crippen LogP) is 1.25. The van der Waals surface area contributed by atoms with Crippen molar-refractivity contribution in [1.29, 1.82) is 0 Å². The van der Waals surface area contributed by atoms with E-state index in [4.69, 9.17) is 0 Å².